The van der Waals surface area contributed by atoms with E-state index >= 15 is 0 Å². The van der Waals surface area contributed by atoms with E-state index < -0.39 is 0 Å². The quantitative estimate of drug-likeness (QED) is 0.811. The Morgan fingerprint density at radius 2 is 1.30 bits per heavy atom. The van der Waals surface area contributed by atoms with Crippen molar-refractivity contribution in [3.05, 3.63) is 69.7 Å². The van der Waals surface area contributed by atoms with Gasteiger partial charge in [0.25, 0.3) is 0 Å². The van der Waals surface area contributed by atoms with Crippen LogP contribution in [-0.4, -0.2) is 12.6 Å². The SMILES string of the molecule is CCNC(Cc1ccccc1Cl)Cc1ccccc1Cl. The summed E-state index contributed by atoms with van der Waals surface area (Å²) in [5, 5.41) is 5.17. The Labute approximate surface area is 130 Å². The van der Waals surface area contributed by atoms with Gasteiger partial charge in [0.2, 0.25) is 0 Å². The molecule has 1 nitrogen and oxygen atoms in total. The van der Waals surface area contributed by atoms with Gasteiger partial charge < -0.3 is 5.32 Å². The summed E-state index contributed by atoms with van der Waals surface area (Å²) in [5.74, 6) is 0. The first kappa shape index (κ1) is 15.4. The molecule has 0 atom stereocenters. The fourth-order valence-corrected chi connectivity index (χ4v) is 2.79. The highest BCUT2D eigenvalue weighted by Crippen LogP contribution is 2.21. The summed E-state index contributed by atoms with van der Waals surface area (Å²) < 4.78 is 0. The summed E-state index contributed by atoms with van der Waals surface area (Å²) in [7, 11) is 0. The molecule has 0 saturated carbocycles. The van der Waals surface area contributed by atoms with E-state index in [9.17, 15) is 0 Å². The van der Waals surface area contributed by atoms with Crippen LogP contribution in [0.1, 0.15) is 18.1 Å². The molecule has 0 radical (unpaired) electrons. The van der Waals surface area contributed by atoms with Crippen molar-refractivity contribution in [2.45, 2.75) is 25.8 Å². The van der Waals surface area contributed by atoms with Gasteiger partial charge in [0.1, 0.15) is 0 Å². The third kappa shape index (κ3) is 4.24. The molecule has 0 amide bonds. The summed E-state index contributed by atoms with van der Waals surface area (Å²) >= 11 is 12.5. The molecule has 20 heavy (non-hydrogen) atoms. The monoisotopic (exact) mass is 307 g/mol. The van der Waals surface area contributed by atoms with Crippen LogP contribution in [0.15, 0.2) is 48.5 Å². The van der Waals surface area contributed by atoms with Crippen molar-refractivity contribution in [1.82, 2.24) is 5.32 Å². The zero-order valence-corrected chi connectivity index (χ0v) is 13.1. The molecule has 2 rings (SSSR count). The number of halogens is 2. The van der Waals surface area contributed by atoms with Gasteiger partial charge in [-0.25, -0.2) is 0 Å². The molecule has 0 aliphatic heterocycles. The molecule has 0 bridgehead atoms. The Bertz CT molecular complexity index is 507. The molecule has 106 valence electrons. The van der Waals surface area contributed by atoms with Crippen molar-refractivity contribution in [2.75, 3.05) is 6.54 Å². The average molecular weight is 308 g/mol. The van der Waals surface area contributed by atoms with Crippen LogP contribution in [0.3, 0.4) is 0 Å². The zero-order valence-electron chi connectivity index (χ0n) is 11.6. The Hall–Kier alpha value is -1.02. The predicted octanol–water partition coefficient (Wildman–Crippen LogP) is 4.76. The van der Waals surface area contributed by atoms with Gasteiger partial charge in [-0.1, -0.05) is 66.5 Å². The van der Waals surface area contributed by atoms with E-state index in [1.807, 2.05) is 36.4 Å². The Kier molecular flexibility index (Phi) is 5.90. The second-order valence-corrected chi connectivity index (χ2v) is 5.66. The number of hydrogen-bond acceptors (Lipinski definition) is 1. The minimum Gasteiger partial charge on any atom is -0.314 e. The highest BCUT2D eigenvalue weighted by atomic mass is 35.5. The van der Waals surface area contributed by atoms with Crippen LogP contribution in [0.25, 0.3) is 0 Å². The van der Waals surface area contributed by atoms with Crippen LogP contribution in [0.2, 0.25) is 10.0 Å². The summed E-state index contributed by atoms with van der Waals surface area (Å²) in [6.07, 6.45) is 1.80. The third-order valence-corrected chi connectivity index (χ3v) is 4.08. The van der Waals surface area contributed by atoms with E-state index in [4.69, 9.17) is 23.2 Å². The van der Waals surface area contributed by atoms with Crippen LogP contribution >= 0.6 is 23.2 Å². The first-order chi connectivity index (χ1) is 9.70. The summed E-state index contributed by atoms with van der Waals surface area (Å²) in [6, 6.07) is 16.4. The van der Waals surface area contributed by atoms with Gasteiger partial charge >= 0.3 is 0 Å². The molecule has 1 N–H and O–H groups in total. The lowest BCUT2D eigenvalue weighted by atomic mass is 9.99. The van der Waals surface area contributed by atoms with Crippen LogP contribution in [0.5, 0.6) is 0 Å². The summed E-state index contributed by atoms with van der Waals surface area (Å²) in [4.78, 5) is 0. The smallest absolute Gasteiger partial charge is 0.0438 e. The van der Waals surface area contributed by atoms with Crippen LogP contribution in [0, 0.1) is 0 Å². The lowest BCUT2D eigenvalue weighted by Gasteiger charge is -2.19. The molecular weight excluding hydrogens is 289 g/mol. The standard InChI is InChI=1S/C17H19Cl2N/c1-2-20-15(11-13-7-3-5-9-16(13)18)12-14-8-4-6-10-17(14)19/h3-10,15,20H,2,11-12H2,1H3. The largest absolute Gasteiger partial charge is 0.314 e. The fraction of sp³-hybridized carbons (Fsp3) is 0.294. The molecule has 0 saturated heterocycles. The van der Waals surface area contributed by atoms with Crippen molar-refractivity contribution in [3.8, 4) is 0 Å². The normalized spacial score (nSPS) is 11.0. The molecule has 0 aliphatic carbocycles. The molecule has 0 heterocycles. The number of likely N-dealkylation sites (N-methyl/N-ethyl adjacent to an activating group) is 1. The van der Waals surface area contributed by atoms with E-state index in [2.05, 4.69) is 24.4 Å². The molecule has 0 spiro atoms. The molecule has 2 aromatic rings. The Morgan fingerprint density at radius 1 is 0.850 bits per heavy atom. The first-order valence-corrected chi connectivity index (χ1v) is 7.66. The van der Waals surface area contributed by atoms with Crippen LogP contribution in [-0.2, 0) is 12.8 Å². The van der Waals surface area contributed by atoms with E-state index in [1.165, 1.54) is 11.1 Å². The molecule has 0 fully saturated rings. The van der Waals surface area contributed by atoms with Crippen molar-refractivity contribution in [2.24, 2.45) is 0 Å². The van der Waals surface area contributed by atoms with Gasteiger partial charge in [-0.05, 0) is 42.6 Å². The Balaban J connectivity index is 2.12. The maximum absolute atomic E-state index is 6.25. The van der Waals surface area contributed by atoms with Crippen molar-refractivity contribution >= 4 is 23.2 Å². The molecule has 0 aromatic heterocycles. The number of rotatable bonds is 6. The van der Waals surface area contributed by atoms with Crippen molar-refractivity contribution in [1.29, 1.82) is 0 Å². The molecule has 3 heteroatoms. The van der Waals surface area contributed by atoms with Gasteiger partial charge in [-0.15, -0.1) is 0 Å². The highest BCUT2D eigenvalue weighted by Gasteiger charge is 2.12. The van der Waals surface area contributed by atoms with E-state index in [-0.39, 0.29) is 0 Å². The average Bonchev–Trinajstić information content (AvgIpc) is 2.44. The third-order valence-electron chi connectivity index (χ3n) is 3.34. The highest BCUT2D eigenvalue weighted by molar-refractivity contribution is 6.31. The van der Waals surface area contributed by atoms with E-state index in [1.54, 1.807) is 0 Å². The predicted molar refractivity (Wildman–Crippen MR) is 87.8 cm³/mol. The van der Waals surface area contributed by atoms with Crippen LogP contribution < -0.4 is 5.32 Å². The number of nitrogens with one attached hydrogen (secondary N) is 1. The van der Waals surface area contributed by atoms with E-state index in [0.717, 1.165) is 29.4 Å². The molecule has 0 unspecified atom stereocenters. The zero-order chi connectivity index (χ0) is 14.4. The molecule has 0 aliphatic rings. The van der Waals surface area contributed by atoms with Crippen molar-refractivity contribution < 1.29 is 0 Å². The second-order valence-electron chi connectivity index (χ2n) is 4.85. The van der Waals surface area contributed by atoms with Crippen LogP contribution in [0.4, 0.5) is 0 Å². The topological polar surface area (TPSA) is 12.0 Å². The summed E-state index contributed by atoms with van der Waals surface area (Å²) in [6.45, 7) is 3.05. The minimum absolute atomic E-state index is 0.333. The second kappa shape index (κ2) is 7.68. The summed E-state index contributed by atoms with van der Waals surface area (Å²) in [5.41, 5.74) is 2.35. The fourth-order valence-electron chi connectivity index (χ4n) is 2.36. The lowest BCUT2D eigenvalue weighted by molar-refractivity contribution is 0.521. The maximum atomic E-state index is 6.25. The molecule has 2 aromatic carbocycles. The lowest BCUT2D eigenvalue weighted by Crippen LogP contribution is -2.33. The van der Waals surface area contributed by atoms with E-state index in [0.29, 0.717) is 6.04 Å². The van der Waals surface area contributed by atoms with Gasteiger partial charge in [0.15, 0.2) is 0 Å². The van der Waals surface area contributed by atoms with Gasteiger partial charge in [0, 0.05) is 16.1 Å². The van der Waals surface area contributed by atoms with Gasteiger partial charge in [0.05, 0.1) is 0 Å². The first-order valence-electron chi connectivity index (χ1n) is 6.91. The number of hydrogen-bond donors (Lipinski definition) is 1. The Morgan fingerprint density at radius 3 is 1.70 bits per heavy atom. The van der Waals surface area contributed by atoms with Gasteiger partial charge in [-0.2, -0.15) is 0 Å². The van der Waals surface area contributed by atoms with Crippen molar-refractivity contribution in [3.63, 3.8) is 0 Å². The van der Waals surface area contributed by atoms with Gasteiger partial charge in [-0.3, -0.25) is 0 Å². The minimum atomic E-state index is 0.333. The molecular formula is C17H19Cl2N. The number of benzene rings is 2. The maximum Gasteiger partial charge on any atom is 0.0438 e.